The average Bonchev–Trinajstić information content (AvgIpc) is 2.99. The van der Waals surface area contributed by atoms with Gasteiger partial charge in [-0.2, -0.15) is 0 Å². The van der Waals surface area contributed by atoms with Crippen molar-refractivity contribution in [3.63, 3.8) is 0 Å². The first-order valence-corrected chi connectivity index (χ1v) is 8.13. The smallest absolute Gasteiger partial charge is 0.225 e. The van der Waals surface area contributed by atoms with Gasteiger partial charge in [-0.1, -0.05) is 44.2 Å². The second kappa shape index (κ2) is 7.60. The summed E-state index contributed by atoms with van der Waals surface area (Å²) in [5.41, 5.74) is 1.07. The molecule has 1 amide bonds. The van der Waals surface area contributed by atoms with Crippen LogP contribution in [0.2, 0.25) is 0 Å². The predicted octanol–water partition coefficient (Wildman–Crippen LogP) is 2.90. The largest absolute Gasteiger partial charge is 0.354 e. The summed E-state index contributed by atoms with van der Waals surface area (Å²) in [6.45, 7) is 5.95. The number of nitrogens with one attached hydrogen (secondary N) is 2. The molecule has 0 saturated carbocycles. The molecule has 2 rings (SSSR count). The first kappa shape index (κ1) is 16.0. The summed E-state index contributed by atoms with van der Waals surface area (Å²) >= 11 is 0. The van der Waals surface area contributed by atoms with Crippen LogP contribution in [0.15, 0.2) is 30.3 Å². The molecule has 1 atom stereocenters. The predicted molar refractivity (Wildman–Crippen MR) is 87.2 cm³/mol. The van der Waals surface area contributed by atoms with Crippen molar-refractivity contribution in [1.82, 2.24) is 10.6 Å². The molecule has 116 valence electrons. The van der Waals surface area contributed by atoms with E-state index in [2.05, 4.69) is 48.7 Å². The summed E-state index contributed by atoms with van der Waals surface area (Å²) in [4.78, 5) is 12.3. The normalized spacial score (nSPS) is 18.7. The van der Waals surface area contributed by atoms with Crippen molar-refractivity contribution >= 4 is 5.91 Å². The van der Waals surface area contributed by atoms with Crippen LogP contribution in [-0.2, 0) is 11.2 Å². The molecule has 3 heteroatoms. The van der Waals surface area contributed by atoms with Gasteiger partial charge in [-0.05, 0) is 44.2 Å². The van der Waals surface area contributed by atoms with Crippen LogP contribution >= 0.6 is 0 Å². The molecule has 1 saturated heterocycles. The molecule has 1 aromatic carbocycles. The number of rotatable bonds is 7. The summed E-state index contributed by atoms with van der Waals surface area (Å²) in [6.07, 6.45) is 5.41. The Bertz CT molecular complexity index is 436. The Kier molecular flexibility index (Phi) is 5.80. The van der Waals surface area contributed by atoms with Crippen molar-refractivity contribution in [3.8, 4) is 0 Å². The number of benzene rings is 1. The molecule has 0 bridgehead atoms. The SMILES string of the molecule is CC(C)(CCCc1ccccc1)C(=O)NCC1CCCN1. The zero-order valence-electron chi connectivity index (χ0n) is 13.3. The zero-order valence-corrected chi connectivity index (χ0v) is 13.3. The molecule has 0 aliphatic carbocycles. The van der Waals surface area contributed by atoms with Gasteiger partial charge in [0.25, 0.3) is 0 Å². The molecule has 1 unspecified atom stereocenters. The van der Waals surface area contributed by atoms with Gasteiger partial charge in [-0.25, -0.2) is 0 Å². The lowest BCUT2D eigenvalue weighted by Gasteiger charge is -2.24. The Balaban J connectivity index is 1.70. The Morgan fingerprint density at radius 3 is 2.76 bits per heavy atom. The second-order valence-electron chi connectivity index (χ2n) is 6.73. The van der Waals surface area contributed by atoms with E-state index in [4.69, 9.17) is 0 Å². The lowest BCUT2D eigenvalue weighted by atomic mass is 9.85. The van der Waals surface area contributed by atoms with Gasteiger partial charge < -0.3 is 10.6 Å². The van der Waals surface area contributed by atoms with Gasteiger partial charge in [0.2, 0.25) is 5.91 Å². The van der Waals surface area contributed by atoms with E-state index >= 15 is 0 Å². The minimum absolute atomic E-state index is 0.185. The minimum Gasteiger partial charge on any atom is -0.354 e. The summed E-state index contributed by atoms with van der Waals surface area (Å²) in [6, 6.07) is 11.0. The number of aryl methyl sites for hydroxylation is 1. The van der Waals surface area contributed by atoms with Crippen molar-refractivity contribution in [2.45, 2.75) is 52.0 Å². The maximum atomic E-state index is 12.3. The first-order valence-electron chi connectivity index (χ1n) is 8.13. The molecule has 21 heavy (non-hydrogen) atoms. The van der Waals surface area contributed by atoms with Crippen LogP contribution < -0.4 is 10.6 Å². The van der Waals surface area contributed by atoms with Crippen LogP contribution in [0.25, 0.3) is 0 Å². The monoisotopic (exact) mass is 288 g/mol. The van der Waals surface area contributed by atoms with Crippen molar-refractivity contribution in [2.75, 3.05) is 13.1 Å². The molecule has 1 heterocycles. The highest BCUT2D eigenvalue weighted by Gasteiger charge is 2.27. The van der Waals surface area contributed by atoms with Crippen LogP contribution in [0.5, 0.6) is 0 Å². The van der Waals surface area contributed by atoms with E-state index in [9.17, 15) is 4.79 Å². The fourth-order valence-corrected chi connectivity index (χ4v) is 2.88. The molecule has 1 aliphatic heterocycles. The fraction of sp³-hybridized carbons (Fsp3) is 0.611. The maximum absolute atomic E-state index is 12.3. The highest BCUT2D eigenvalue weighted by atomic mass is 16.2. The Morgan fingerprint density at radius 1 is 1.33 bits per heavy atom. The minimum atomic E-state index is -0.284. The lowest BCUT2D eigenvalue weighted by molar-refractivity contribution is -0.129. The molecule has 0 radical (unpaired) electrons. The molecule has 3 nitrogen and oxygen atoms in total. The topological polar surface area (TPSA) is 41.1 Å². The Hall–Kier alpha value is -1.35. The van der Waals surface area contributed by atoms with Gasteiger partial charge in [0, 0.05) is 18.0 Å². The van der Waals surface area contributed by atoms with Crippen molar-refractivity contribution < 1.29 is 4.79 Å². The number of hydrogen-bond donors (Lipinski definition) is 2. The molecule has 1 aromatic rings. The highest BCUT2D eigenvalue weighted by molar-refractivity contribution is 5.81. The third kappa shape index (κ3) is 5.16. The molecular formula is C18H28N2O. The van der Waals surface area contributed by atoms with Gasteiger partial charge >= 0.3 is 0 Å². The van der Waals surface area contributed by atoms with E-state index in [-0.39, 0.29) is 11.3 Å². The van der Waals surface area contributed by atoms with E-state index in [1.165, 1.54) is 18.4 Å². The standard InChI is InChI=1S/C18H28N2O/c1-18(2,12-6-10-15-8-4-3-5-9-15)17(21)20-14-16-11-7-13-19-16/h3-5,8-9,16,19H,6-7,10-14H2,1-2H3,(H,20,21). The van der Waals surface area contributed by atoms with Crippen LogP contribution in [0.3, 0.4) is 0 Å². The molecule has 1 aliphatic rings. The van der Waals surface area contributed by atoms with E-state index < -0.39 is 0 Å². The number of carbonyl (C=O) groups excluding carboxylic acids is 1. The highest BCUT2D eigenvalue weighted by Crippen LogP contribution is 2.24. The first-order chi connectivity index (χ1) is 10.1. The van der Waals surface area contributed by atoms with Gasteiger partial charge in [0.05, 0.1) is 0 Å². The van der Waals surface area contributed by atoms with Gasteiger partial charge in [0.1, 0.15) is 0 Å². The van der Waals surface area contributed by atoms with E-state index in [1.54, 1.807) is 0 Å². The van der Waals surface area contributed by atoms with Gasteiger partial charge in [0.15, 0.2) is 0 Å². The lowest BCUT2D eigenvalue weighted by Crippen LogP contribution is -2.43. The van der Waals surface area contributed by atoms with Crippen LogP contribution in [0.1, 0.15) is 45.1 Å². The summed E-state index contributed by atoms with van der Waals surface area (Å²) < 4.78 is 0. The zero-order chi connectivity index (χ0) is 15.1. The molecule has 0 aromatic heterocycles. The molecule has 0 spiro atoms. The third-order valence-corrected chi connectivity index (χ3v) is 4.40. The summed E-state index contributed by atoms with van der Waals surface area (Å²) in [5.74, 6) is 0.185. The summed E-state index contributed by atoms with van der Waals surface area (Å²) in [5, 5.41) is 6.53. The summed E-state index contributed by atoms with van der Waals surface area (Å²) in [7, 11) is 0. The van der Waals surface area contributed by atoms with E-state index in [0.29, 0.717) is 6.04 Å². The van der Waals surface area contributed by atoms with Crippen LogP contribution in [-0.4, -0.2) is 25.0 Å². The van der Waals surface area contributed by atoms with Crippen molar-refractivity contribution in [2.24, 2.45) is 5.41 Å². The van der Waals surface area contributed by atoms with E-state index in [1.807, 2.05) is 6.07 Å². The van der Waals surface area contributed by atoms with Crippen LogP contribution in [0.4, 0.5) is 0 Å². The van der Waals surface area contributed by atoms with Gasteiger partial charge in [-0.3, -0.25) is 4.79 Å². The Labute approximate surface area is 128 Å². The molecule has 1 fully saturated rings. The average molecular weight is 288 g/mol. The number of carbonyl (C=O) groups is 1. The van der Waals surface area contributed by atoms with Gasteiger partial charge in [-0.15, -0.1) is 0 Å². The third-order valence-electron chi connectivity index (χ3n) is 4.40. The molecular weight excluding hydrogens is 260 g/mol. The number of amides is 1. The van der Waals surface area contributed by atoms with Crippen LogP contribution in [0, 0.1) is 5.41 Å². The van der Waals surface area contributed by atoms with Crippen molar-refractivity contribution in [1.29, 1.82) is 0 Å². The maximum Gasteiger partial charge on any atom is 0.225 e. The van der Waals surface area contributed by atoms with E-state index in [0.717, 1.165) is 32.4 Å². The van der Waals surface area contributed by atoms with Crippen molar-refractivity contribution in [3.05, 3.63) is 35.9 Å². The second-order valence-corrected chi connectivity index (χ2v) is 6.73. The quantitative estimate of drug-likeness (QED) is 0.810. The molecule has 2 N–H and O–H groups in total. The Morgan fingerprint density at radius 2 is 2.10 bits per heavy atom. The fourth-order valence-electron chi connectivity index (χ4n) is 2.88. The number of hydrogen-bond acceptors (Lipinski definition) is 2.